The predicted octanol–water partition coefficient (Wildman–Crippen LogP) is 1.05. The molecular formula is C11H16O4. The van der Waals surface area contributed by atoms with E-state index in [0.29, 0.717) is 6.42 Å². The van der Waals surface area contributed by atoms with Crippen LogP contribution in [0, 0.1) is 0 Å². The number of hydrogen-bond donors (Lipinski definition) is 1. The standard InChI is InChI=1S/C10H14O3.CH2O/c1-12-9-3-4-10(13-2)8(7-9)5-6-11;1-2/h3-4,7,11H,5-6H2,1-2H3;1H2. The van der Waals surface area contributed by atoms with Crippen LogP contribution < -0.4 is 9.47 Å². The summed E-state index contributed by atoms with van der Waals surface area (Å²) in [5.41, 5.74) is 0.962. The van der Waals surface area contributed by atoms with E-state index >= 15 is 0 Å². The van der Waals surface area contributed by atoms with Crippen LogP contribution in [0.1, 0.15) is 5.56 Å². The first-order chi connectivity index (χ1) is 7.31. The van der Waals surface area contributed by atoms with E-state index in [1.807, 2.05) is 25.0 Å². The molecule has 1 aromatic rings. The Balaban J connectivity index is 0.000000921. The molecule has 0 aliphatic rings. The summed E-state index contributed by atoms with van der Waals surface area (Å²) in [7, 11) is 3.23. The summed E-state index contributed by atoms with van der Waals surface area (Å²) in [6.45, 7) is 2.11. The smallest absolute Gasteiger partial charge is 0.122 e. The largest absolute Gasteiger partial charge is 0.497 e. The minimum absolute atomic E-state index is 0.115. The number of benzene rings is 1. The Labute approximate surface area is 89.4 Å². The molecule has 1 N–H and O–H groups in total. The van der Waals surface area contributed by atoms with Crippen LogP contribution in [-0.4, -0.2) is 32.7 Å². The van der Waals surface area contributed by atoms with Gasteiger partial charge in [-0.3, -0.25) is 0 Å². The van der Waals surface area contributed by atoms with Gasteiger partial charge in [0.2, 0.25) is 0 Å². The lowest BCUT2D eigenvalue weighted by atomic mass is 10.1. The van der Waals surface area contributed by atoms with E-state index in [0.717, 1.165) is 17.1 Å². The van der Waals surface area contributed by atoms with Gasteiger partial charge in [0.05, 0.1) is 14.2 Å². The highest BCUT2D eigenvalue weighted by Crippen LogP contribution is 2.23. The second-order valence-corrected chi connectivity index (χ2v) is 2.65. The zero-order chi connectivity index (χ0) is 11.7. The number of rotatable bonds is 4. The van der Waals surface area contributed by atoms with Crippen LogP contribution in [0.15, 0.2) is 18.2 Å². The molecule has 0 saturated heterocycles. The number of aliphatic hydroxyl groups is 1. The molecule has 0 aromatic heterocycles. The van der Waals surface area contributed by atoms with Gasteiger partial charge in [-0.05, 0) is 24.6 Å². The molecule has 0 aliphatic carbocycles. The fraction of sp³-hybridized carbons (Fsp3) is 0.364. The average molecular weight is 212 g/mol. The molecule has 0 unspecified atom stereocenters. The Morgan fingerprint density at radius 2 is 1.93 bits per heavy atom. The number of aliphatic hydroxyl groups excluding tert-OH is 1. The van der Waals surface area contributed by atoms with Gasteiger partial charge < -0.3 is 19.4 Å². The second-order valence-electron chi connectivity index (χ2n) is 2.65. The van der Waals surface area contributed by atoms with Crippen molar-refractivity contribution in [3.8, 4) is 11.5 Å². The monoisotopic (exact) mass is 212 g/mol. The fourth-order valence-electron chi connectivity index (χ4n) is 1.20. The molecule has 84 valence electrons. The van der Waals surface area contributed by atoms with Gasteiger partial charge in [0.25, 0.3) is 0 Å². The summed E-state index contributed by atoms with van der Waals surface area (Å²) >= 11 is 0. The first kappa shape index (κ1) is 13.4. The van der Waals surface area contributed by atoms with Gasteiger partial charge >= 0.3 is 0 Å². The Hall–Kier alpha value is -1.55. The predicted molar refractivity (Wildman–Crippen MR) is 57.5 cm³/mol. The molecule has 0 aliphatic heterocycles. The molecule has 4 heteroatoms. The van der Waals surface area contributed by atoms with Crippen LogP contribution in [0.2, 0.25) is 0 Å². The molecule has 0 fully saturated rings. The highest BCUT2D eigenvalue weighted by Gasteiger charge is 2.03. The van der Waals surface area contributed by atoms with Gasteiger partial charge in [0, 0.05) is 12.2 Å². The summed E-state index contributed by atoms with van der Waals surface area (Å²) < 4.78 is 10.2. The third-order valence-electron chi connectivity index (χ3n) is 1.87. The maximum Gasteiger partial charge on any atom is 0.122 e. The van der Waals surface area contributed by atoms with E-state index in [-0.39, 0.29) is 6.61 Å². The van der Waals surface area contributed by atoms with Crippen molar-refractivity contribution in [2.45, 2.75) is 6.42 Å². The number of hydrogen-bond acceptors (Lipinski definition) is 4. The molecule has 0 amide bonds. The lowest BCUT2D eigenvalue weighted by molar-refractivity contribution is -0.0979. The average Bonchev–Trinajstić information content (AvgIpc) is 2.32. The molecular weight excluding hydrogens is 196 g/mol. The number of carbonyl (C=O) groups excluding carboxylic acids is 1. The van der Waals surface area contributed by atoms with Gasteiger partial charge in [-0.15, -0.1) is 0 Å². The van der Waals surface area contributed by atoms with Crippen molar-refractivity contribution < 1.29 is 19.4 Å². The SMILES string of the molecule is C=O.COc1ccc(OC)c(CCO)c1. The van der Waals surface area contributed by atoms with Crippen molar-refractivity contribution in [3.05, 3.63) is 23.8 Å². The lowest BCUT2D eigenvalue weighted by Crippen LogP contribution is -1.96. The van der Waals surface area contributed by atoms with Crippen molar-refractivity contribution in [3.63, 3.8) is 0 Å². The van der Waals surface area contributed by atoms with Crippen molar-refractivity contribution >= 4 is 6.79 Å². The van der Waals surface area contributed by atoms with Gasteiger partial charge in [-0.25, -0.2) is 0 Å². The van der Waals surface area contributed by atoms with Crippen molar-refractivity contribution in [1.29, 1.82) is 0 Å². The summed E-state index contributed by atoms with van der Waals surface area (Å²) in [5.74, 6) is 1.57. The minimum Gasteiger partial charge on any atom is -0.497 e. The zero-order valence-corrected chi connectivity index (χ0v) is 9.03. The van der Waals surface area contributed by atoms with E-state index in [1.165, 1.54) is 0 Å². The molecule has 4 nitrogen and oxygen atoms in total. The molecule has 1 aromatic carbocycles. The topological polar surface area (TPSA) is 55.8 Å². The van der Waals surface area contributed by atoms with E-state index < -0.39 is 0 Å². The first-order valence-corrected chi connectivity index (χ1v) is 4.42. The van der Waals surface area contributed by atoms with Crippen LogP contribution >= 0.6 is 0 Å². The second kappa shape index (κ2) is 7.82. The molecule has 0 heterocycles. The zero-order valence-electron chi connectivity index (χ0n) is 9.03. The van der Waals surface area contributed by atoms with Gasteiger partial charge in [-0.2, -0.15) is 0 Å². The molecule has 15 heavy (non-hydrogen) atoms. The maximum absolute atomic E-state index is 8.81. The van der Waals surface area contributed by atoms with Crippen LogP contribution in [0.4, 0.5) is 0 Å². The highest BCUT2D eigenvalue weighted by molar-refractivity contribution is 5.40. The Bertz CT molecular complexity index is 286. The fourth-order valence-corrected chi connectivity index (χ4v) is 1.20. The van der Waals surface area contributed by atoms with E-state index in [1.54, 1.807) is 14.2 Å². The van der Waals surface area contributed by atoms with E-state index in [4.69, 9.17) is 19.4 Å². The molecule has 0 bridgehead atoms. The summed E-state index contributed by atoms with van der Waals surface area (Å²) in [4.78, 5) is 8.00. The molecule has 0 saturated carbocycles. The summed E-state index contributed by atoms with van der Waals surface area (Å²) in [6, 6.07) is 5.54. The lowest BCUT2D eigenvalue weighted by Gasteiger charge is -2.08. The Morgan fingerprint density at radius 1 is 1.27 bits per heavy atom. The number of ether oxygens (including phenoxy) is 2. The third kappa shape index (κ3) is 3.99. The highest BCUT2D eigenvalue weighted by atomic mass is 16.5. The van der Waals surface area contributed by atoms with Crippen LogP contribution in [0.3, 0.4) is 0 Å². The molecule has 0 radical (unpaired) electrons. The van der Waals surface area contributed by atoms with Crippen molar-refractivity contribution in [2.24, 2.45) is 0 Å². The maximum atomic E-state index is 8.81. The number of carbonyl (C=O) groups is 1. The summed E-state index contributed by atoms with van der Waals surface area (Å²) in [5, 5.41) is 8.81. The Kier molecular flexibility index (Phi) is 7.01. The van der Waals surface area contributed by atoms with Gasteiger partial charge in [0.1, 0.15) is 18.3 Å². The van der Waals surface area contributed by atoms with Crippen LogP contribution in [-0.2, 0) is 11.2 Å². The van der Waals surface area contributed by atoms with Gasteiger partial charge in [0.15, 0.2) is 0 Å². The Morgan fingerprint density at radius 3 is 2.40 bits per heavy atom. The first-order valence-electron chi connectivity index (χ1n) is 4.42. The van der Waals surface area contributed by atoms with Crippen molar-refractivity contribution in [2.75, 3.05) is 20.8 Å². The van der Waals surface area contributed by atoms with Crippen molar-refractivity contribution in [1.82, 2.24) is 0 Å². The minimum atomic E-state index is 0.115. The number of methoxy groups -OCH3 is 2. The normalized spacial score (nSPS) is 8.73. The summed E-state index contributed by atoms with van der Waals surface area (Å²) in [6.07, 6.45) is 0.584. The molecule has 0 spiro atoms. The van der Waals surface area contributed by atoms with E-state index in [9.17, 15) is 0 Å². The third-order valence-corrected chi connectivity index (χ3v) is 1.87. The molecule has 1 rings (SSSR count). The quantitative estimate of drug-likeness (QED) is 0.810. The van der Waals surface area contributed by atoms with Crippen LogP contribution in [0.5, 0.6) is 11.5 Å². The van der Waals surface area contributed by atoms with E-state index in [2.05, 4.69) is 0 Å². The van der Waals surface area contributed by atoms with Crippen LogP contribution in [0.25, 0.3) is 0 Å². The molecule has 0 atom stereocenters. The van der Waals surface area contributed by atoms with Gasteiger partial charge in [-0.1, -0.05) is 0 Å².